The van der Waals surface area contributed by atoms with Gasteiger partial charge in [0.15, 0.2) is 0 Å². The highest BCUT2D eigenvalue weighted by atomic mass is 79.9. The molecule has 0 aliphatic carbocycles. The maximum Gasteiger partial charge on any atom is 0.0368 e. The lowest BCUT2D eigenvalue weighted by atomic mass is 10.0. The number of nitrogens with zero attached hydrogens (tertiary/aromatic N) is 2. The van der Waals surface area contributed by atoms with Crippen molar-refractivity contribution in [3.63, 3.8) is 0 Å². The second kappa shape index (κ2) is 6.74. The summed E-state index contributed by atoms with van der Waals surface area (Å²) < 4.78 is 1.14. The van der Waals surface area contributed by atoms with Crippen LogP contribution in [0.1, 0.15) is 25.3 Å². The van der Waals surface area contributed by atoms with Gasteiger partial charge in [-0.25, -0.2) is 0 Å². The SMILES string of the molecule is CC(C)c1ccc(N2CCN(c3ccc(Br)cc3)CC2)cc1. The van der Waals surface area contributed by atoms with Crippen molar-refractivity contribution in [2.75, 3.05) is 36.0 Å². The summed E-state index contributed by atoms with van der Waals surface area (Å²) in [6.07, 6.45) is 0. The fraction of sp³-hybridized carbons (Fsp3) is 0.368. The van der Waals surface area contributed by atoms with Crippen molar-refractivity contribution in [2.24, 2.45) is 0 Å². The molecule has 0 atom stereocenters. The maximum absolute atomic E-state index is 3.50. The number of piperazine rings is 1. The van der Waals surface area contributed by atoms with E-state index in [1.807, 2.05) is 0 Å². The first kappa shape index (κ1) is 15.4. The minimum absolute atomic E-state index is 0.600. The smallest absolute Gasteiger partial charge is 0.0368 e. The van der Waals surface area contributed by atoms with Crippen LogP contribution >= 0.6 is 15.9 Å². The summed E-state index contributed by atoms with van der Waals surface area (Å²) in [5, 5.41) is 0. The molecule has 1 aliphatic rings. The first-order chi connectivity index (χ1) is 10.6. The fourth-order valence-electron chi connectivity index (χ4n) is 2.94. The molecule has 0 spiro atoms. The van der Waals surface area contributed by atoms with Crippen LogP contribution in [0.25, 0.3) is 0 Å². The van der Waals surface area contributed by atoms with E-state index in [1.54, 1.807) is 0 Å². The minimum Gasteiger partial charge on any atom is -0.368 e. The molecule has 0 saturated carbocycles. The lowest BCUT2D eigenvalue weighted by Crippen LogP contribution is -2.46. The Morgan fingerprint density at radius 3 is 1.55 bits per heavy atom. The molecule has 2 aromatic carbocycles. The van der Waals surface area contributed by atoms with E-state index in [-0.39, 0.29) is 0 Å². The van der Waals surface area contributed by atoms with Crippen LogP contribution in [0.15, 0.2) is 53.0 Å². The molecule has 116 valence electrons. The van der Waals surface area contributed by atoms with Crippen molar-refractivity contribution in [3.05, 3.63) is 58.6 Å². The molecule has 0 N–H and O–H groups in total. The van der Waals surface area contributed by atoms with Crippen molar-refractivity contribution in [1.82, 2.24) is 0 Å². The first-order valence-electron chi connectivity index (χ1n) is 7.99. The standard InChI is InChI=1S/C19H23BrN2/c1-15(2)16-3-7-18(8-4-16)21-11-13-22(14-12-21)19-9-5-17(20)6-10-19/h3-10,15H,11-14H2,1-2H3. The van der Waals surface area contributed by atoms with E-state index >= 15 is 0 Å². The Balaban J connectivity index is 1.62. The van der Waals surface area contributed by atoms with Crippen LogP contribution in [0.4, 0.5) is 11.4 Å². The van der Waals surface area contributed by atoms with Crippen LogP contribution in [-0.4, -0.2) is 26.2 Å². The van der Waals surface area contributed by atoms with Crippen LogP contribution in [0.2, 0.25) is 0 Å². The third-order valence-electron chi connectivity index (χ3n) is 4.40. The summed E-state index contributed by atoms with van der Waals surface area (Å²) >= 11 is 3.50. The Kier molecular flexibility index (Phi) is 4.72. The molecule has 2 aromatic rings. The van der Waals surface area contributed by atoms with Crippen molar-refractivity contribution < 1.29 is 0 Å². The highest BCUT2D eigenvalue weighted by Gasteiger charge is 2.17. The summed E-state index contributed by atoms with van der Waals surface area (Å²) in [5.41, 5.74) is 4.08. The lowest BCUT2D eigenvalue weighted by Gasteiger charge is -2.37. The largest absolute Gasteiger partial charge is 0.368 e. The minimum atomic E-state index is 0.600. The third-order valence-corrected chi connectivity index (χ3v) is 4.93. The molecule has 0 bridgehead atoms. The molecule has 0 radical (unpaired) electrons. The Bertz CT molecular complexity index is 596. The number of hydrogen-bond acceptors (Lipinski definition) is 2. The molecular weight excluding hydrogens is 336 g/mol. The van der Waals surface area contributed by atoms with Crippen molar-refractivity contribution in [1.29, 1.82) is 0 Å². The summed E-state index contributed by atoms with van der Waals surface area (Å²) in [6.45, 7) is 8.80. The summed E-state index contributed by atoms with van der Waals surface area (Å²) in [7, 11) is 0. The molecule has 2 nitrogen and oxygen atoms in total. The van der Waals surface area contributed by atoms with Crippen LogP contribution in [0.5, 0.6) is 0 Å². The van der Waals surface area contributed by atoms with Gasteiger partial charge in [-0.3, -0.25) is 0 Å². The maximum atomic E-state index is 3.50. The van der Waals surface area contributed by atoms with Gasteiger partial charge in [0.25, 0.3) is 0 Å². The average Bonchev–Trinajstić information content (AvgIpc) is 2.56. The predicted molar refractivity (Wildman–Crippen MR) is 99.1 cm³/mol. The lowest BCUT2D eigenvalue weighted by molar-refractivity contribution is 0.653. The van der Waals surface area contributed by atoms with E-state index in [2.05, 4.69) is 88.1 Å². The molecule has 3 rings (SSSR count). The number of hydrogen-bond donors (Lipinski definition) is 0. The molecule has 0 aromatic heterocycles. The first-order valence-corrected chi connectivity index (χ1v) is 8.78. The van der Waals surface area contributed by atoms with Gasteiger partial charge in [-0.05, 0) is 47.9 Å². The summed E-state index contributed by atoms with van der Waals surface area (Å²) in [5.74, 6) is 0.600. The van der Waals surface area contributed by atoms with E-state index < -0.39 is 0 Å². The van der Waals surface area contributed by atoms with E-state index in [1.165, 1.54) is 16.9 Å². The summed E-state index contributed by atoms with van der Waals surface area (Å²) in [4.78, 5) is 4.95. The zero-order valence-electron chi connectivity index (χ0n) is 13.3. The molecule has 1 aliphatic heterocycles. The quantitative estimate of drug-likeness (QED) is 0.769. The van der Waals surface area contributed by atoms with E-state index in [9.17, 15) is 0 Å². The zero-order valence-corrected chi connectivity index (χ0v) is 14.9. The monoisotopic (exact) mass is 358 g/mol. The molecular formula is C19H23BrN2. The van der Waals surface area contributed by atoms with Crippen LogP contribution < -0.4 is 9.80 Å². The van der Waals surface area contributed by atoms with Gasteiger partial charge in [-0.1, -0.05) is 41.9 Å². The second-order valence-electron chi connectivity index (χ2n) is 6.20. The molecule has 3 heteroatoms. The number of rotatable bonds is 3. The van der Waals surface area contributed by atoms with Crippen LogP contribution in [0, 0.1) is 0 Å². The van der Waals surface area contributed by atoms with Crippen LogP contribution in [0.3, 0.4) is 0 Å². The van der Waals surface area contributed by atoms with Gasteiger partial charge < -0.3 is 9.80 Å². The highest BCUT2D eigenvalue weighted by Crippen LogP contribution is 2.24. The van der Waals surface area contributed by atoms with Crippen LogP contribution in [-0.2, 0) is 0 Å². The molecule has 0 unspecified atom stereocenters. The Morgan fingerprint density at radius 2 is 1.14 bits per heavy atom. The number of benzene rings is 2. The molecule has 1 heterocycles. The van der Waals surface area contributed by atoms with Gasteiger partial charge in [-0.15, -0.1) is 0 Å². The number of halogens is 1. The van der Waals surface area contributed by atoms with Gasteiger partial charge in [-0.2, -0.15) is 0 Å². The van der Waals surface area contributed by atoms with Gasteiger partial charge in [0.2, 0.25) is 0 Å². The molecule has 1 saturated heterocycles. The average molecular weight is 359 g/mol. The Morgan fingerprint density at radius 1 is 0.727 bits per heavy atom. The third kappa shape index (κ3) is 3.46. The van der Waals surface area contributed by atoms with E-state index in [0.29, 0.717) is 5.92 Å². The van der Waals surface area contributed by atoms with Gasteiger partial charge in [0, 0.05) is 42.0 Å². The van der Waals surface area contributed by atoms with E-state index in [0.717, 1.165) is 30.7 Å². The molecule has 22 heavy (non-hydrogen) atoms. The number of anilines is 2. The fourth-order valence-corrected chi connectivity index (χ4v) is 3.21. The van der Waals surface area contributed by atoms with Gasteiger partial charge in [0.1, 0.15) is 0 Å². The van der Waals surface area contributed by atoms with Crippen molar-refractivity contribution >= 4 is 27.3 Å². The topological polar surface area (TPSA) is 6.48 Å². The van der Waals surface area contributed by atoms with E-state index in [4.69, 9.17) is 0 Å². The van der Waals surface area contributed by atoms with Gasteiger partial charge >= 0.3 is 0 Å². The molecule has 1 fully saturated rings. The zero-order chi connectivity index (χ0) is 15.5. The predicted octanol–water partition coefficient (Wildman–Crippen LogP) is 4.90. The normalized spacial score (nSPS) is 15.5. The summed E-state index contributed by atoms with van der Waals surface area (Å²) in [6, 6.07) is 17.7. The Hall–Kier alpha value is -1.48. The van der Waals surface area contributed by atoms with Crippen molar-refractivity contribution in [2.45, 2.75) is 19.8 Å². The Labute approximate surface area is 141 Å². The van der Waals surface area contributed by atoms with Gasteiger partial charge in [0.05, 0.1) is 0 Å². The van der Waals surface area contributed by atoms with Crippen molar-refractivity contribution in [3.8, 4) is 0 Å². The highest BCUT2D eigenvalue weighted by molar-refractivity contribution is 9.10. The molecule has 0 amide bonds. The second-order valence-corrected chi connectivity index (χ2v) is 7.11.